The molecular formula is C21H33N5O. The van der Waals surface area contributed by atoms with Crippen molar-refractivity contribution in [3.05, 3.63) is 47.3 Å². The number of nitrogens with one attached hydrogen (secondary N) is 2. The Kier molecular flexibility index (Phi) is 8.17. The van der Waals surface area contributed by atoms with Gasteiger partial charge in [0.25, 0.3) is 0 Å². The molecule has 0 spiro atoms. The van der Waals surface area contributed by atoms with E-state index in [1.807, 2.05) is 26.1 Å². The molecule has 6 nitrogen and oxygen atoms in total. The summed E-state index contributed by atoms with van der Waals surface area (Å²) in [5.41, 5.74) is 3.61. The van der Waals surface area contributed by atoms with Crippen LogP contribution < -0.4 is 15.4 Å². The van der Waals surface area contributed by atoms with Gasteiger partial charge in [0, 0.05) is 32.4 Å². The lowest BCUT2D eigenvalue weighted by atomic mass is 9.98. The molecule has 0 aliphatic rings. The third-order valence-corrected chi connectivity index (χ3v) is 4.72. The van der Waals surface area contributed by atoms with Gasteiger partial charge in [0.2, 0.25) is 0 Å². The van der Waals surface area contributed by atoms with Crippen molar-refractivity contribution in [1.82, 2.24) is 20.4 Å². The van der Waals surface area contributed by atoms with E-state index >= 15 is 0 Å². The minimum atomic E-state index is 0.479. The molecular weight excluding hydrogens is 338 g/mol. The number of aromatic nitrogens is 2. The Morgan fingerprint density at radius 3 is 2.48 bits per heavy atom. The number of aryl methyl sites for hydroxylation is 3. The van der Waals surface area contributed by atoms with Gasteiger partial charge in [-0.05, 0) is 56.4 Å². The molecule has 1 aromatic carbocycles. The summed E-state index contributed by atoms with van der Waals surface area (Å²) in [7, 11) is 3.50. The molecule has 1 aromatic heterocycles. The summed E-state index contributed by atoms with van der Waals surface area (Å²) in [6.45, 7) is 9.03. The summed E-state index contributed by atoms with van der Waals surface area (Å²) < 4.78 is 7.28. The molecule has 27 heavy (non-hydrogen) atoms. The van der Waals surface area contributed by atoms with Crippen LogP contribution in [-0.4, -0.2) is 43.0 Å². The number of guanidine groups is 1. The lowest BCUT2D eigenvalue weighted by Gasteiger charge is -2.15. The molecule has 1 heterocycles. The van der Waals surface area contributed by atoms with Crippen molar-refractivity contribution in [1.29, 1.82) is 0 Å². The van der Waals surface area contributed by atoms with Gasteiger partial charge in [-0.3, -0.25) is 9.67 Å². The number of hydrogen-bond acceptors (Lipinski definition) is 3. The van der Waals surface area contributed by atoms with Crippen LogP contribution in [0.3, 0.4) is 0 Å². The van der Waals surface area contributed by atoms with E-state index in [-0.39, 0.29) is 0 Å². The second-order valence-corrected chi connectivity index (χ2v) is 6.89. The minimum absolute atomic E-state index is 0.479. The smallest absolute Gasteiger partial charge is 0.190 e. The Morgan fingerprint density at radius 2 is 1.89 bits per heavy atom. The number of methoxy groups -OCH3 is 1. The quantitative estimate of drug-likeness (QED) is 0.403. The topological polar surface area (TPSA) is 63.5 Å². The van der Waals surface area contributed by atoms with Gasteiger partial charge in [0.1, 0.15) is 5.75 Å². The predicted molar refractivity (Wildman–Crippen MR) is 112 cm³/mol. The first-order valence-corrected chi connectivity index (χ1v) is 9.63. The molecule has 0 bridgehead atoms. The highest BCUT2D eigenvalue weighted by atomic mass is 16.5. The van der Waals surface area contributed by atoms with Gasteiger partial charge >= 0.3 is 0 Å². The average molecular weight is 372 g/mol. The molecule has 6 heteroatoms. The zero-order valence-electron chi connectivity index (χ0n) is 17.2. The average Bonchev–Trinajstić information content (AvgIpc) is 3.00. The van der Waals surface area contributed by atoms with Gasteiger partial charge in [-0.25, -0.2) is 0 Å². The summed E-state index contributed by atoms with van der Waals surface area (Å²) in [5.74, 6) is 2.23. The number of nitrogens with zero attached hydrogens (tertiary/aromatic N) is 3. The third-order valence-electron chi connectivity index (χ3n) is 4.72. The maximum absolute atomic E-state index is 5.22. The largest absolute Gasteiger partial charge is 0.497 e. The van der Waals surface area contributed by atoms with Crippen LogP contribution in [0.2, 0.25) is 0 Å². The van der Waals surface area contributed by atoms with E-state index in [1.54, 1.807) is 7.11 Å². The molecule has 0 saturated heterocycles. The molecule has 0 saturated carbocycles. The molecule has 0 amide bonds. The summed E-state index contributed by atoms with van der Waals surface area (Å²) in [6.07, 6.45) is 2.05. The van der Waals surface area contributed by atoms with Gasteiger partial charge in [0.15, 0.2) is 5.96 Å². The fourth-order valence-electron chi connectivity index (χ4n) is 3.06. The van der Waals surface area contributed by atoms with Crippen LogP contribution in [0.4, 0.5) is 0 Å². The maximum atomic E-state index is 5.22. The van der Waals surface area contributed by atoms with E-state index in [0.29, 0.717) is 5.92 Å². The van der Waals surface area contributed by atoms with E-state index in [1.165, 1.54) is 11.3 Å². The SMILES string of the molecule is CN=C(NCCCn1nc(C)cc1C)NCCC(C)c1ccc(OC)cc1. The van der Waals surface area contributed by atoms with Gasteiger partial charge in [-0.2, -0.15) is 5.10 Å². The fourth-order valence-corrected chi connectivity index (χ4v) is 3.06. The van der Waals surface area contributed by atoms with Crippen LogP contribution in [0, 0.1) is 13.8 Å². The van der Waals surface area contributed by atoms with Crippen LogP contribution in [-0.2, 0) is 6.54 Å². The normalized spacial score (nSPS) is 12.7. The molecule has 0 aliphatic heterocycles. The first kappa shape index (κ1) is 20.8. The molecule has 1 atom stereocenters. The van der Waals surface area contributed by atoms with Gasteiger partial charge in [0.05, 0.1) is 12.8 Å². The summed E-state index contributed by atoms with van der Waals surface area (Å²) in [4.78, 5) is 4.30. The van der Waals surface area contributed by atoms with E-state index in [9.17, 15) is 0 Å². The lowest BCUT2D eigenvalue weighted by molar-refractivity contribution is 0.414. The molecule has 0 fully saturated rings. The number of rotatable bonds is 9. The molecule has 0 radical (unpaired) electrons. The van der Waals surface area contributed by atoms with Crippen molar-refractivity contribution in [2.24, 2.45) is 4.99 Å². The molecule has 148 valence electrons. The van der Waals surface area contributed by atoms with E-state index < -0.39 is 0 Å². The molecule has 1 unspecified atom stereocenters. The first-order chi connectivity index (χ1) is 13.0. The monoisotopic (exact) mass is 371 g/mol. The lowest BCUT2D eigenvalue weighted by Crippen LogP contribution is -2.38. The summed E-state index contributed by atoms with van der Waals surface area (Å²) in [6, 6.07) is 10.4. The third kappa shape index (κ3) is 6.62. The molecule has 2 rings (SSSR count). The number of benzene rings is 1. The van der Waals surface area contributed by atoms with Crippen molar-refractivity contribution in [3.8, 4) is 5.75 Å². The van der Waals surface area contributed by atoms with Crippen LogP contribution in [0.25, 0.3) is 0 Å². The zero-order chi connectivity index (χ0) is 19.6. The highest BCUT2D eigenvalue weighted by Gasteiger charge is 2.06. The van der Waals surface area contributed by atoms with Gasteiger partial charge in [-0.15, -0.1) is 0 Å². The van der Waals surface area contributed by atoms with E-state index in [4.69, 9.17) is 4.74 Å². The second-order valence-electron chi connectivity index (χ2n) is 6.89. The van der Waals surface area contributed by atoms with E-state index in [2.05, 4.69) is 57.5 Å². The molecule has 2 aromatic rings. The van der Waals surface area contributed by atoms with Crippen molar-refractivity contribution >= 4 is 5.96 Å². The Hall–Kier alpha value is -2.50. The van der Waals surface area contributed by atoms with Crippen molar-refractivity contribution < 1.29 is 4.74 Å². The Bertz CT molecular complexity index is 721. The van der Waals surface area contributed by atoms with Crippen molar-refractivity contribution in [3.63, 3.8) is 0 Å². The highest BCUT2D eigenvalue weighted by molar-refractivity contribution is 5.79. The van der Waals surface area contributed by atoms with Crippen LogP contribution in [0.5, 0.6) is 5.75 Å². The second kappa shape index (κ2) is 10.6. The Morgan fingerprint density at radius 1 is 1.19 bits per heavy atom. The summed E-state index contributed by atoms with van der Waals surface area (Å²) in [5, 5.41) is 11.3. The highest BCUT2D eigenvalue weighted by Crippen LogP contribution is 2.21. The van der Waals surface area contributed by atoms with Crippen molar-refractivity contribution in [2.45, 2.75) is 46.1 Å². The van der Waals surface area contributed by atoms with Gasteiger partial charge in [-0.1, -0.05) is 19.1 Å². The van der Waals surface area contributed by atoms with Crippen LogP contribution in [0.1, 0.15) is 42.6 Å². The van der Waals surface area contributed by atoms with Crippen LogP contribution in [0.15, 0.2) is 35.3 Å². The fraction of sp³-hybridized carbons (Fsp3) is 0.524. The van der Waals surface area contributed by atoms with E-state index in [0.717, 1.165) is 49.9 Å². The molecule has 0 aliphatic carbocycles. The van der Waals surface area contributed by atoms with Gasteiger partial charge < -0.3 is 15.4 Å². The van der Waals surface area contributed by atoms with Crippen LogP contribution >= 0.6 is 0 Å². The Balaban J connectivity index is 1.66. The predicted octanol–water partition coefficient (Wildman–Crippen LogP) is 3.26. The Labute approximate surface area is 163 Å². The number of ether oxygens (including phenoxy) is 1. The number of hydrogen-bond donors (Lipinski definition) is 2. The summed E-state index contributed by atoms with van der Waals surface area (Å²) >= 11 is 0. The standard InChI is InChI=1S/C21H33N5O/c1-16(19-7-9-20(27-5)10-8-19)11-13-24-21(22-4)23-12-6-14-26-18(3)15-17(2)25-26/h7-10,15-16H,6,11-14H2,1-5H3,(H2,22,23,24). The zero-order valence-corrected chi connectivity index (χ0v) is 17.2. The minimum Gasteiger partial charge on any atom is -0.497 e. The first-order valence-electron chi connectivity index (χ1n) is 9.63. The van der Waals surface area contributed by atoms with Crippen molar-refractivity contribution in [2.75, 3.05) is 27.2 Å². The molecule has 2 N–H and O–H groups in total. The maximum Gasteiger partial charge on any atom is 0.190 e. The number of aliphatic imine (C=N–C) groups is 1.